The van der Waals surface area contributed by atoms with Crippen LogP contribution in [0.1, 0.15) is 62.8 Å². The molecule has 1 nitrogen and oxygen atoms in total. The summed E-state index contributed by atoms with van der Waals surface area (Å²) in [6.07, 6.45) is 11.8. The molecule has 3 aliphatic rings. The number of likely N-dealkylation sites (N-methyl/N-ethyl adjacent to an activating group) is 1. The molecule has 1 heterocycles. The fourth-order valence-corrected chi connectivity index (χ4v) is 5.32. The lowest BCUT2D eigenvalue weighted by molar-refractivity contribution is 0.174. The molecule has 20 heavy (non-hydrogen) atoms. The summed E-state index contributed by atoms with van der Waals surface area (Å²) in [5, 5.41) is 0. The molecule has 0 amide bonds. The van der Waals surface area contributed by atoms with Gasteiger partial charge in [0.15, 0.2) is 0 Å². The molecule has 0 saturated heterocycles. The third kappa shape index (κ3) is 1.98. The predicted octanol–water partition coefficient (Wildman–Crippen LogP) is 4.97. The number of para-hydroxylation sites is 1. The van der Waals surface area contributed by atoms with E-state index in [0.717, 1.165) is 23.8 Å². The van der Waals surface area contributed by atoms with Crippen LogP contribution in [0, 0.1) is 11.8 Å². The van der Waals surface area contributed by atoms with Crippen LogP contribution in [0.25, 0.3) is 0 Å². The van der Waals surface area contributed by atoms with E-state index in [1.54, 1.807) is 5.56 Å². The van der Waals surface area contributed by atoms with Crippen LogP contribution in [0.15, 0.2) is 24.3 Å². The second-order valence-electron chi connectivity index (χ2n) is 7.31. The van der Waals surface area contributed by atoms with E-state index < -0.39 is 0 Å². The lowest BCUT2D eigenvalue weighted by atomic mass is 9.68. The predicted molar refractivity (Wildman–Crippen MR) is 85.3 cm³/mol. The summed E-state index contributed by atoms with van der Waals surface area (Å²) >= 11 is 0. The van der Waals surface area contributed by atoms with Gasteiger partial charge in [-0.15, -0.1) is 0 Å². The summed E-state index contributed by atoms with van der Waals surface area (Å²) in [4.78, 5) is 2.57. The van der Waals surface area contributed by atoms with Crippen molar-refractivity contribution in [1.29, 1.82) is 0 Å². The first-order valence-electron chi connectivity index (χ1n) is 8.66. The van der Waals surface area contributed by atoms with E-state index in [1.165, 1.54) is 57.1 Å². The molecule has 1 heteroatoms. The second kappa shape index (κ2) is 5.09. The molecule has 2 saturated carbocycles. The fraction of sp³-hybridized carbons (Fsp3) is 0.684. The van der Waals surface area contributed by atoms with Gasteiger partial charge in [0.05, 0.1) is 0 Å². The zero-order valence-corrected chi connectivity index (χ0v) is 12.7. The van der Waals surface area contributed by atoms with Crippen molar-refractivity contribution in [2.45, 2.75) is 63.3 Å². The Balaban J connectivity index is 1.56. The van der Waals surface area contributed by atoms with E-state index in [4.69, 9.17) is 0 Å². The highest BCUT2D eigenvalue weighted by molar-refractivity contribution is 5.61. The van der Waals surface area contributed by atoms with Crippen LogP contribution >= 0.6 is 0 Å². The molecule has 2 fully saturated rings. The van der Waals surface area contributed by atoms with E-state index >= 15 is 0 Å². The average molecular weight is 269 g/mol. The van der Waals surface area contributed by atoms with Gasteiger partial charge in [-0.25, -0.2) is 0 Å². The smallest absolute Gasteiger partial charge is 0.0402 e. The Morgan fingerprint density at radius 3 is 2.55 bits per heavy atom. The summed E-state index contributed by atoms with van der Waals surface area (Å²) in [5.41, 5.74) is 3.15. The lowest BCUT2D eigenvalue weighted by Crippen LogP contribution is -2.37. The van der Waals surface area contributed by atoms with Crippen molar-refractivity contribution in [2.75, 3.05) is 11.9 Å². The fourth-order valence-electron chi connectivity index (χ4n) is 5.32. The minimum absolute atomic E-state index is 0.784. The van der Waals surface area contributed by atoms with Crippen LogP contribution in [0.4, 0.5) is 5.69 Å². The molecule has 0 N–H and O–H groups in total. The SMILES string of the molecule is CN1c2ccccc2C2CC(C3CCCCC3)CCC21. The summed E-state index contributed by atoms with van der Waals surface area (Å²) < 4.78 is 0. The number of rotatable bonds is 1. The summed E-state index contributed by atoms with van der Waals surface area (Å²) in [6.45, 7) is 0. The number of benzene rings is 1. The van der Waals surface area contributed by atoms with E-state index in [-0.39, 0.29) is 0 Å². The third-order valence-electron chi connectivity index (χ3n) is 6.38. The Labute approximate surface area is 123 Å². The maximum atomic E-state index is 2.57. The van der Waals surface area contributed by atoms with E-state index in [0.29, 0.717) is 0 Å². The van der Waals surface area contributed by atoms with Gasteiger partial charge in [0.25, 0.3) is 0 Å². The van der Waals surface area contributed by atoms with E-state index in [1.807, 2.05) is 0 Å². The molecule has 2 aliphatic carbocycles. The molecule has 1 aromatic rings. The summed E-state index contributed by atoms with van der Waals surface area (Å²) in [5.74, 6) is 2.87. The quantitative estimate of drug-likeness (QED) is 0.696. The Morgan fingerprint density at radius 1 is 0.900 bits per heavy atom. The normalized spacial score (nSPS) is 33.9. The first-order chi connectivity index (χ1) is 9.84. The monoisotopic (exact) mass is 269 g/mol. The maximum Gasteiger partial charge on any atom is 0.0402 e. The van der Waals surface area contributed by atoms with Crippen molar-refractivity contribution in [1.82, 2.24) is 0 Å². The topological polar surface area (TPSA) is 3.24 Å². The van der Waals surface area contributed by atoms with E-state index in [9.17, 15) is 0 Å². The molecule has 1 aromatic carbocycles. The first kappa shape index (κ1) is 12.7. The highest BCUT2D eigenvalue weighted by Gasteiger charge is 2.42. The standard InChI is InChI=1S/C19H27N/c1-20-18-10-6-5-9-16(18)17-13-15(11-12-19(17)20)14-7-3-2-4-8-14/h5-6,9-10,14-15,17,19H,2-4,7-8,11-13H2,1H3. The molecule has 0 spiro atoms. The lowest BCUT2D eigenvalue weighted by Gasteiger charge is -2.40. The van der Waals surface area contributed by atoms with Gasteiger partial charge in [0, 0.05) is 24.7 Å². The molecule has 4 rings (SSSR count). The van der Waals surface area contributed by atoms with Gasteiger partial charge in [-0.3, -0.25) is 0 Å². The zero-order valence-electron chi connectivity index (χ0n) is 12.7. The Kier molecular flexibility index (Phi) is 3.24. The van der Waals surface area contributed by atoms with Gasteiger partial charge in [0.2, 0.25) is 0 Å². The Morgan fingerprint density at radius 2 is 1.70 bits per heavy atom. The Hall–Kier alpha value is -0.980. The van der Waals surface area contributed by atoms with Crippen molar-refractivity contribution >= 4 is 5.69 Å². The van der Waals surface area contributed by atoms with Crippen LogP contribution in [0.2, 0.25) is 0 Å². The second-order valence-corrected chi connectivity index (χ2v) is 7.31. The van der Waals surface area contributed by atoms with Crippen LogP contribution in [0.5, 0.6) is 0 Å². The molecule has 3 unspecified atom stereocenters. The van der Waals surface area contributed by atoms with Crippen molar-refractivity contribution in [3.05, 3.63) is 29.8 Å². The number of hydrogen-bond donors (Lipinski definition) is 0. The molecular formula is C19H27N. The average Bonchev–Trinajstić information content (AvgIpc) is 2.81. The van der Waals surface area contributed by atoms with Gasteiger partial charge < -0.3 is 4.90 Å². The molecule has 108 valence electrons. The molecule has 0 radical (unpaired) electrons. The zero-order chi connectivity index (χ0) is 13.5. The molecule has 0 aromatic heterocycles. The molecule has 0 bridgehead atoms. The number of anilines is 1. The summed E-state index contributed by atoms with van der Waals surface area (Å²) in [6, 6.07) is 9.93. The van der Waals surface area contributed by atoms with Crippen molar-refractivity contribution < 1.29 is 0 Å². The van der Waals surface area contributed by atoms with Crippen molar-refractivity contribution in [2.24, 2.45) is 11.8 Å². The summed E-state index contributed by atoms with van der Waals surface area (Å²) in [7, 11) is 2.31. The Bertz CT molecular complexity index is 474. The first-order valence-corrected chi connectivity index (χ1v) is 8.66. The maximum absolute atomic E-state index is 2.57. The van der Waals surface area contributed by atoms with Gasteiger partial charge in [0.1, 0.15) is 0 Å². The number of hydrogen-bond acceptors (Lipinski definition) is 1. The minimum atomic E-state index is 0.784. The third-order valence-corrected chi connectivity index (χ3v) is 6.38. The van der Waals surface area contributed by atoms with Crippen LogP contribution in [-0.2, 0) is 0 Å². The van der Waals surface area contributed by atoms with Gasteiger partial charge in [-0.05, 0) is 42.7 Å². The number of nitrogens with zero attached hydrogens (tertiary/aromatic N) is 1. The van der Waals surface area contributed by atoms with Crippen LogP contribution in [0.3, 0.4) is 0 Å². The van der Waals surface area contributed by atoms with Gasteiger partial charge in [-0.1, -0.05) is 50.3 Å². The molecule has 3 atom stereocenters. The minimum Gasteiger partial charge on any atom is -0.371 e. The largest absolute Gasteiger partial charge is 0.371 e. The van der Waals surface area contributed by atoms with E-state index in [2.05, 4.69) is 36.2 Å². The highest BCUT2D eigenvalue weighted by Crippen LogP contribution is 2.51. The van der Waals surface area contributed by atoms with Gasteiger partial charge >= 0.3 is 0 Å². The molecule has 1 aliphatic heterocycles. The van der Waals surface area contributed by atoms with Crippen molar-refractivity contribution in [3.63, 3.8) is 0 Å². The van der Waals surface area contributed by atoms with Crippen LogP contribution < -0.4 is 4.90 Å². The van der Waals surface area contributed by atoms with Gasteiger partial charge in [-0.2, -0.15) is 0 Å². The molecular weight excluding hydrogens is 242 g/mol. The number of fused-ring (bicyclic) bond motifs is 3. The highest BCUT2D eigenvalue weighted by atomic mass is 15.2. The van der Waals surface area contributed by atoms with Crippen molar-refractivity contribution in [3.8, 4) is 0 Å². The van der Waals surface area contributed by atoms with Crippen LogP contribution in [-0.4, -0.2) is 13.1 Å².